The van der Waals surface area contributed by atoms with Gasteiger partial charge in [0.15, 0.2) is 0 Å². The quantitative estimate of drug-likeness (QED) is 0.698. The highest BCUT2D eigenvalue weighted by Gasteiger charge is 2.13. The maximum absolute atomic E-state index is 12.1. The van der Waals surface area contributed by atoms with Crippen molar-refractivity contribution in [1.82, 2.24) is 30.0 Å². The van der Waals surface area contributed by atoms with E-state index in [0.29, 0.717) is 16.0 Å². The molecule has 0 atom stereocenters. The molecule has 3 aromatic rings. The Kier molecular flexibility index (Phi) is 4.81. The molecule has 8 nitrogen and oxygen atoms in total. The number of nitrogens with zero attached hydrogens (tertiary/aromatic N) is 6. The highest BCUT2D eigenvalue weighted by Crippen LogP contribution is 2.20. The molecule has 0 fully saturated rings. The Bertz CT molecular complexity index is 858. The van der Waals surface area contributed by atoms with Crippen molar-refractivity contribution in [1.29, 1.82) is 0 Å². The van der Waals surface area contributed by atoms with Crippen molar-refractivity contribution in [3.05, 3.63) is 41.0 Å². The van der Waals surface area contributed by atoms with Crippen molar-refractivity contribution >= 4 is 35.1 Å². The molecule has 0 saturated carbocycles. The lowest BCUT2D eigenvalue weighted by Crippen LogP contribution is -2.16. The first-order valence-corrected chi connectivity index (χ1v) is 8.37. The van der Waals surface area contributed by atoms with E-state index in [2.05, 4.69) is 25.9 Å². The second kappa shape index (κ2) is 7.02. The average Bonchev–Trinajstić information content (AvgIpc) is 3.13. The first-order chi connectivity index (χ1) is 11.5. The van der Waals surface area contributed by atoms with Gasteiger partial charge in [-0.2, -0.15) is 9.78 Å². The molecule has 2 aromatic heterocycles. The molecular weight excluding hydrogens is 350 g/mol. The van der Waals surface area contributed by atoms with E-state index in [0.717, 1.165) is 11.4 Å². The van der Waals surface area contributed by atoms with Crippen LogP contribution >= 0.6 is 23.4 Å². The molecule has 0 unspecified atom stereocenters. The molecule has 1 amide bonds. The van der Waals surface area contributed by atoms with Crippen molar-refractivity contribution in [2.75, 3.05) is 11.1 Å². The minimum Gasteiger partial charge on any atom is -0.310 e. The van der Waals surface area contributed by atoms with Gasteiger partial charge in [0.2, 0.25) is 11.1 Å². The molecule has 0 saturated heterocycles. The number of aryl methyl sites for hydroxylation is 2. The van der Waals surface area contributed by atoms with E-state index in [1.54, 1.807) is 46.7 Å². The second-order valence-corrected chi connectivity index (χ2v) is 6.36. The van der Waals surface area contributed by atoms with E-state index in [4.69, 9.17) is 11.6 Å². The molecule has 0 bridgehead atoms. The number of nitrogens with one attached hydrogen (secondary N) is 1. The molecule has 0 aliphatic heterocycles. The Labute approximate surface area is 147 Å². The van der Waals surface area contributed by atoms with Crippen molar-refractivity contribution in [3.8, 4) is 5.69 Å². The Morgan fingerprint density at radius 1 is 1.33 bits per heavy atom. The molecule has 0 spiro atoms. The predicted octanol–water partition coefficient (Wildman–Crippen LogP) is 2.09. The monoisotopic (exact) mass is 363 g/mol. The number of carbonyl (C=O) groups excluding carboxylic acids is 1. The number of anilines is 1. The first kappa shape index (κ1) is 16.5. The fourth-order valence-corrected chi connectivity index (χ4v) is 2.87. The summed E-state index contributed by atoms with van der Waals surface area (Å²) in [6.07, 6.45) is 0. The summed E-state index contributed by atoms with van der Waals surface area (Å²) in [5.41, 5.74) is 1.61. The van der Waals surface area contributed by atoms with Gasteiger partial charge in [0.25, 0.3) is 0 Å². The van der Waals surface area contributed by atoms with E-state index in [1.165, 1.54) is 11.8 Å². The van der Waals surface area contributed by atoms with Crippen LogP contribution < -0.4 is 5.32 Å². The SMILES string of the molecule is Cc1cc(NC(=O)CSc2nnnn2-c2ccc(Cl)cc2)n(C)n1. The Morgan fingerprint density at radius 3 is 2.75 bits per heavy atom. The summed E-state index contributed by atoms with van der Waals surface area (Å²) in [7, 11) is 1.77. The van der Waals surface area contributed by atoms with Crippen molar-refractivity contribution in [2.45, 2.75) is 12.1 Å². The number of benzene rings is 1. The summed E-state index contributed by atoms with van der Waals surface area (Å²) in [5, 5.41) is 19.7. The van der Waals surface area contributed by atoms with Gasteiger partial charge in [-0.05, 0) is 41.6 Å². The normalized spacial score (nSPS) is 10.8. The molecule has 3 rings (SSSR count). The minimum atomic E-state index is -0.159. The van der Waals surface area contributed by atoms with Crippen LogP contribution in [0.15, 0.2) is 35.5 Å². The number of rotatable bonds is 5. The summed E-state index contributed by atoms with van der Waals surface area (Å²) in [5.74, 6) is 0.669. The van der Waals surface area contributed by atoms with Crippen LogP contribution in [0.1, 0.15) is 5.69 Å². The standard InChI is InChI=1S/C14H14ClN7OS/c1-9-7-12(21(2)18-9)16-13(23)8-24-14-17-19-20-22(14)11-5-3-10(15)4-6-11/h3-7H,8H2,1-2H3,(H,16,23). The van der Waals surface area contributed by atoms with Crippen molar-refractivity contribution in [3.63, 3.8) is 0 Å². The number of halogens is 1. The Balaban J connectivity index is 1.65. The van der Waals surface area contributed by atoms with E-state index >= 15 is 0 Å². The van der Waals surface area contributed by atoms with Crippen LogP contribution in [0.3, 0.4) is 0 Å². The van der Waals surface area contributed by atoms with Gasteiger partial charge in [0, 0.05) is 18.1 Å². The lowest BCUT2D eigenvalue weighted by Gasteiger charge is -2.06. The summed E-state index contributed by atoms with van der Waals surface area (Å²) >= 11 is 7.13. The van der Waals surface area contributed by atoms with E-state index in [1.807, 2.05) is 6.92 Å². The van der Waals surface area contributed by atoms with Gasteiger partial charge in [-0.1, -0.05) is 23.4 Å². The van der Waals surface area contributed by atoms with E-state index < -0.39 is 0 Å². The molecule has 1 aromatic carbocycles. The summed E-state index contributed by atoms with van der Waals surface area (Å²) in [6.45, 7) is 1.87. The lowest BCUT2D eigenvalue weighted by molar-refractivity contribution is -0.113. The molecular formula is C14H14ClN7OS. The first-order valence-electron chi connectivity index (χ1n) is 7.00. The third kappa shape index (κ3) is 3.74. The minimum absolute atomic E-state index is 0.159. The van der Waals surface area contributed by atoms with Crippen LogP contribution in [0, 0.1) is 6.92 Å². The van der Waals surface area contributed by atoms with E-state index in [-0.39, 0.29) is 11.7 Å². The van der Waals surface area contributed by atoms with Crippen molar-refractivity contribution < 1.29 is 4.79 Å². The third-order valence-electron chi connectivity index (χ3n) is 3.11. The molecule has 2 heterocycles. The van der Waals surface area contributed by atoms with Gasteiger partial charge >= 0.3 is 0 Å². The smallest absolute Gasteiger partial charge is 0.235 e. The summed E-state index contributed by atoms with van der Waals surface area (Å²) < 4.78 is 3.18. The van der Waals surface area contributed by atoms with Gasteiger partial charge < -0.3 is 5.32 Å². The summed E-state index contributed by atoms with van der Waals surface area (Å²) in [6, 6.07) is 8.93. The number of tetrazole rings is 1. The predicted molar refractivity (Wildman–Crippen MR) is 91.5 cm³/mol. The highest BCUT2D eigenvalue weighted by atomic mass is 35.5. The number of hydrogen-bond acceptors (Lipinski definition) is 6. The van der Waals surface area contributed by atoms with Gasteiger partial charge in [0.1, 0.15) is 5.82 Å². The van der Waals surface area contributed by atoms with Crippen LogP contribution in [0.4, 0.5) is 5.82 Å². The number of thioether (sulfide) groups is 1. The van der Waals surface area contributed by atoms with Crippen LogP contribution in [-0.2, 0) is 11.8 Å². The third-order valence-corrected chi connectivity index (χ3v) is 4.29. The largest absolute Gasteiger partial charge is 0.310 e. The van der Waals surface area contributed by atoms with Gasteiger partial charge in [-0.3, -0.25) is 9.48 Å². The Morgan fingerprint density at radius 2 is 2.08 bits per heavy atom. The van der Waals surface area contributed by atoms with Gasteiger partial charge in [0.05, 0.1) is 17.1 Å². The molecule has 10 heteroatoms. The van der Waals surface area contributed by atoms with Crippen LogP contribution in [-0.4, -0.2) is 41.6 Å². The molecule has 1 N–H and O–H groups in total. The zero-order valence-electron chi connectivity index (χ0n) is 13.0. The number of aromatic nitrogens is 6. The number of amides is 1. The maximum atomic E-state index is 12.1. The number of carbonyl (C=O) groups is 1. The molecule has 0 aliphatic carbocycles. The summed E-state index contributed by atoms with van der Waals surface area (Å²) in [4.78, 5) is 12.1. The van der Waals surface area contributed by atoms with Crippen LogP contribution in [0.25, 0.3) is 5.69 Å². The lowest BCUT2D eigenvalue weighted by atomic mass is 10.3. The van der Waals surface area contributed by atoms with Gasteiger partial charge in [-0.25, -0.2) is 0 Å². The fraction of sp³-hybridized carbons (Fsp3) is 0.214. The number of hydrogen-bond donors (Lipinski definition) is 1. The second-order valence-electron chi connectivity index (χ2n) is 4.98. The van der Waals surface area contributed by atoms with Crippen LogP contribution in [0.2, 0.25) is 5.02 Å². The zero-order chi connectivity index (χ0) is 17.1. The topological polar surface area (TPSA) is 90.5 Å². The maximum Gasteiger partial charge on any atom is 0.235 e. The zero-order valence-corrected chi connectivity index (χ0v) is 14.5. The molecule has 24 heavy (non-hydrogen) atoms. The van der Waals surface area contributed by atoms with E-state index in [9.17, 15) is 4.79 Å². The highest BCUT2D eigenvalue weighted by molar-refractivity contribution is 7.99. The van der Waals surface area contributed by atoms with Gasteiger partial charge in [-0.15, -0.1) is 5.10 Å². The van der Waals surface area contributed by atoms with Crippen molar-refractivity contribution in [2.24, 2.45) is 7.05 Å². The molecule has 0 radical (unpaired) electrons. The Hall–Kier alpha value is -2.39. The fourth-order valence-electron chi connectivity index (χ4n) is 2.05. The molecule has 124 valence electrons. The average molecular weight is 364 g/mol. The van der Waals surface area contributed by atoms with Crippen LogP contribution in [0.5, 0.6) is 0 Å². The molecule has 0 aliphatic rings.